The van der Waals surface area contributed by atoms with Gasteiger partial charge in [-0.15, -0.1) is 24.0 Å². The number of hydrogen-bond acceptors (Lipinski definition) is 5. The lowest BCUT2D eigenvalue weighted by Gasteiger charge is -2.17. The molecule has 0 bridgehead atoms. The number of hydrogen-bond donors (Lipinski definition) is 2. The summed E-state index contributed by atoms with van der Waals surface area (Å²) in [6.07, 6.45) is 1.09. The van der Waals surface area contributed by atoms with Gasteiger partial charge in [-0.2, -0.15) is 0 Å². The number of methoxy groups -OCH3 is 2. The summed E-state index contributed by atoms with van der Waals surface area (Å²) in [5, 5.41) is 6.51. The smallest absolute Gasteiger partial charge is 0.191 e. The van der Waals surface area contributed by atoms with E-state index in [1.807, 2.05) is 12.1 Å². The molecule has 0 spiro atoms. The highest BCUT2D eigenvalue weighted by molar-refractivity contribution is 14.0. The highest BCUT2D eigenvalue weighted by Gasteiger charge is 2.10. The van der Waals surface area contributed by atoms with Gasteiger partial charge in [-0.25, -0.2) is 0 Å². The molecule has 5 nitrogen and oxygen atoms in total. The summed E-state index contributed by atoms with van der Waals surface area (Å²) in [6.45, 7) is 2.52. The van der Waals surface area contributed by atoms with E-state index in [1.54, 1.807) is 14.2 Å². The molecule has 1 aliphatic heterocycles. The van der Waals surface area contributed by atoms with Crippen molar-refractivity contribution in [2.45, 2.75) is 13.0 Å². The van der Waals surface area contributed by atoms with E-state index in [1.165, 1.54) is 0 Å². The van der Waals surface area contributed by atoms with Gasteiger partial charge in [-0.1, -0.05) is 15.9 Å². The van der Waals surface area contributed by atoms with Gasteiger partial charge in [0.2, 0.25) is 0 Å². The van der Waals surface area contributed by atoms with Crippen molar-refractivity contribution in [2.75, 3.05) is 27.3 Å². The average Bonchev–Trinajstić information content (AvgIpc) is 2.46. The van der Waals surface area contributed by atoms with E-state index >= 15 is 0 Å². The first kappa shape index (κ1) is 17.4. The van der Waals surface area contributed by atoms with Crippen LogP contribution in [0, 0.1) is 0 Å². The quantitative estimate of drug-likeness (QED) is 0.685. The molecule has 1 aromatic rings. The maximum Gasteiger partial charge on any atom is 0.191 e. The first-order chi connectivity index (χ1) is 9.24. The number of rotatable bonds is 4. The van der Waals surface area contributed by atoms with Gasteiger partial charge in [0.05, 0.1) is 14.2 Å². The molecule has 7 heteroatoms. The maximum absolute atomic E-state index is 5.30. The first-order valence-corrected chi connectivity index (χ1v) is 6.96. The molecule has 0 saturated carbocycles. The SMILES string of the molecule is COc1cc(Br)c(CNC2=NCCCN2)cc1OC.I. The van der Waals surface area contributed by atoms with E-state index in [2.05, 4.69) is 31.6 Å². The molecule has 2 rings (SSSR count). The summed E-state index contributed by atoms with van der Waals surface area (Å²) in [6, 6.07) is 3.87. The third-order valence-electron chi connectivity index (χ3n) is 2.90. The Morgan fingerprint density at radius 3 is 2.60 bits per heavy atom. The van der Waals surface area contributed by atoms with E-state index < -0.39 is 0 Å². The number of halogens is 2. The second-order valence-corrected chi connectivity index (χ2v) is 5.02. The molecule has 0 aliphatic carbocycles. The lowest BCUT2D eigenvalue weighted by Crippen LogP contribution is -2.40. The van der Waals surface area contributed by atoms with Gasteiger partial charge >= 0.3 is 0 Å². The normalized spacial score (nSPS) is 13.7. The monoisotopic (exact) mass is 455 g/mol. The molecule has 0 radical (unpaired) electrons. The second-order valence-electron chi connectivity index (χ2n) is 4.16. The molecule has 1 heterocycles. The molecule has 0 amide bonds. The van der Waals surface area contributed by atoms with E-state index in [0.717, 1.165) is 41.3 Å². The molecule has 112 valence electrons. The van der Waals surface area contributed by atoms with Gasteiger partial charge in [0.25, 0.3) is 0 Å². The average molecular weight is 456 g/mol. The standard InChI is InChI=1S/C13H18BrN3O2.HI/c1-18-11-6-9(10(14)7-12(11)19-2)8-17-13-15-4-3-5-16-13;/h6-7H,3-5,8H2,1-2H3,(H2,15,16,17);1H. The zero-order valence-electron chi connectivity index (χ0n) is 11.5. The fourth-order valence-electron chi connectivity index (χ4n) is 1.86. The summed E-state index contributed by atoms with van der Waals surface area (Å²) in [7, 11) is 3.26. The summed E-state index contributed by atoms with van der Waals surface area (Å²) in [4.78, 5) is 4.37. The number of nitrogens with one attached hydrogen (secondary N) is 2. The molecular weight excluding hydrogens is 437 g/mol. The third kappa shape index (κ3) is 4.41. The van der Waals surface area contributed by atoms with Crippen molar-refractivity contribution < 1.29 is 9.47 Å². The zero-order chi connectivity index (χ0) is 13.7. The van der Waals surface area contributed by atoms with Gasteiger partial charge in [0.15, 0.2) is 17.5 Å². The van der Waals surface area contributed by atoms with Gasteiger partial charge < -0.3 is 20.1 Å². The lowest BCUT2D eigenvalue weighted by molar-refractivity contribution is 0.354. The summed E-state index contributed by atoms with van der Waals surface area (Å²) >= 11 is 3.54. The van der Waals surface area contributed by atoms with Crippen molar-refractivity contribution in [3.63, 3.8) is 0 Å². The van der Waals surface area contributed by atoms with Gasteiger partial charge in [0.1, 0.15) is 0 Å². The maximum atomic E-state index is 5.30. The van der Waals surface area contributed by atoms with Crippen molar-refractivity contribution in [3.05, 3.63) is 22.2 Å². The molecule has 0 unspecified atom stereocenters. The second kappa shape index (κ2) is 8.56. The first-order valence-electron chi connectivity index (χ1n) is 6.17. The Labute approximate surface area is 144 Å². The number of guanidine groups is 1. The lowest BCUT2D eigenvalue weighted by atomic mass is 10.2. The molecule has 0 aromatic heterocycles. The molecule has 0 atom stereocenters. The number of nitrogens with zero attached hydrogens (tertiary/aromatic N) is 1. The topological polar surface area (TPSA) is 54.9 Å². The predicted molar refractivity (Wildman–Crippen MR) is 94.4 cm³/mol. The Hall–Kier alpha value is -0.700. The minimum atomic E-state index is 0. The van der Waals surface area contributed by atoms with Crippen molar-refractivity contribution in [1.29, 1.82) is 0 Å². The van der Waals surface area contributed by atoms with E-state index in [-0.39, 0.29) is 24.0 Å². The summed E-state index contributed by atoms with van der Waals surface area (Å²) in [5.74, 6) is 2.29. The molecule has 0 fully saturated rings. The van der Waals surface area contributed by atoms with Crippen LogP contribution >= 0.6 is 39.9 Å². The number of aliphatic imine (C=N–C) groups is 1. The minimum Gasteiger partial charge on any atom is -0.493 e. The van der Waals surface area contributed by atoms with E-state index in [9.17, 15) is 0 Å². The highest BCUT2D eigenvalue weighted by atomic mass is 127. The zero-order valence-corrected chi connectivity index (χ0v) is 15.4. The molecule has 2 N–H and O–H groups in total. The fraction of sp³-hybridized carbons (Fsp3) is 0.462. The van der Waals surface area contributed by atoms with Crippen molar-refractivity contribution >= 4 is 45.9 Å². The van der Waals surface area contributed by atoms with Crippen LogP contribution in [0.4, 0.5) is 0 Å². The van der Waals surface area contributed by atoms with Crippen LogP contribution in [0.3, 0.4) is 0 Å². The van der Waals surface area contributed by atoms with E-state index in [4.69, 9.17) is 9.47 Å². The molecular formula is C13H19BrIN3O2. The van der Waals surface area contributed by atoms with Crippen molar-refractivity contribution in [3.8, 4) is 11.5 Å². The van der Waals surface area contributed by atoms with Gasteiger partial charge in [-0.3, -0.25) is 4.99 Å². The number of benzene rings is 1. The molecule has 1 aromatic carbocycles. The van der Waals surface area contributed by atoms with Crippen LogP contribution < -0.4 is 20.1 Å². The fourth-order valence-corrected chi connectivity index (χ4v) is 2.32. The summed E-state index contributed by atoms with van der Waals surface area (Å²) < 4.78 is 11.5. The van der Waals surface area contributed by atoms with Crippen LogP contribution in [0.1, 0.15) is 12.0 Å². The van der Waals surface area contributed by atoms with Crippen LogP contribution in [0.2, 0.25) is 0 Å². The molecule has 0 saturated heterocycles. The van der Waals surface area contributed by atoms with Crippen LogP contribution in [-0.4, -0.2) is 33.3 Å². The third-order valence-corrected chi connectivity index (χ3v) is 3.63. The molecule has 1 aliphatic rings. The largest absolute Gasteiger partial charge is 0.493 e. The Kier molecular flexibility index (Phi) is 7.42. The van der Waals surface area contributed by atoms with Crippen molar-refractivity contribution in [1.82, 2.24) is 10.6 Å². The Balaban J connectivity index is 0.00000200. The van der Waals surface area contributed by atoms with Crippen LogP contribution in [0.5, 0.6) is 11.5 Å². The Morgan fingerprint density at radius 2 is 2.00 bits per heavy atom. The van der Waals surface area contributed by atoms with Crippen molar-refractivity contribution in [2.24, 2.45) is 4.99 Å². The van der Waals surface area contributed by atoms with Crippen LogP contribution in [0.25, 0.3) is 0 Å². The Morgan fingerprint density at radius 1 is 1.30 bits per heavy atom. The van der Waals surface area contributed by atoms with Gasteiger partial charge in [0, 0.05) is 24.1 Å². The Bertz CT molecular complexity index is 483. The summed E-state index contributed by atoms with van der Waals surface area (Å²) in [5.41, 5.74) is 1.09. The minimum absolute atomic E-state index is 0. The number of ether oxygens (including phenoxy) is 2. The van der Waals surface area contributed by atoms with E-state index in [0.29, 0.717) is 12.3 Å². The highest BCUT2D eigenvalue weighted by Crippen LogP contribution is 2.33. The van der Waals surface area contributed by atoms with Gasteiger partial charge in [-0.05, 0) is 24.1 Å². The molecule has 20 heavy (non-hydrogen) atoms. The van der Waals surface area contributed by atoms with Crippen LogP contribution in [-0.2, 0) is 6.54 Å². The predicted octanol–water partition coefficient (Wildman–Crippen LogP) is 2.52. The van der Waals surface area contributed by atoms with Crippen LogP contribution in [0.15, 0.2) is 21.6 Å².